The van der Waals surface area contributed by atoms with Gasteiger partial charge in [0.05, 0.1) is 25.6 Å². The van der Waals surface area contributed by atoms with E-state index in [1.54, 1.807) is 0 Å². The van der Waals surface area contributed by atoms with Crippen molar-refractivity contribution in [3.8, 4) is 0 Å². The van der Waals surface area contributed by atoms with Gasteiger partial charge >= 0.3 is 5.97 Å². The summed E-state index contributed by atoms with van der Waals surface area (Å²) in [5, 5.41) is 20.3. The van der Waals surface area contributed by atoms with Crippen LogP contribution in [0.15, 0.2) is 10.6 Å². The Kier molecular flexibility index (Phi) is 3.78. The fraction of sp³-hybridized carbons (Fsp3) is 0.500. The van der Waals surface area contributed by atoms with E-state index in [0.29, 0.717) is 4.91 Å². The van der Waals surface area contributed by atoms with Gasteiger partial charge in [0, 0.05) is 4.91 Å². The highest BCUT2D eigenvalue weighted by molar-refractivity contribution is 8.04. The van der Waals surface area contributed by atoms with Gasteiger partial charge in [-0.2, -0.15) is 0 Å². The number of thioether (sulfide) groups is 1. The standard InChI is InChI=1S/C10H13N3O5S/c11-1-6(15)12-2-5-7(10(17)18)13-8(16)4(3-14)9(13)19-5/h4,9,14H,1-3,11H2,(H,12,15)(H,17,18)/t4-,9+/m0/s1. The lowest BCUT2D eigenvalue weighted by Crippen LogP contribution is -2.58. The number of carbonyl (C=O) groups is 3. The zero-order chi connectivity index (χ0) is 14.2. The maximum atomic E-state index is 11.7. The second-order valence-electron chi connectivity index (χ2n) is 4.06. The van der Waals surface area contributed by atoms with Gasteiger partial charge in [0.2, 0.25) is 11.8 Å². The highest BCUT2D eigenvalue weighted by atomic mass is 32.2. The Bertz CT molecular complexity index is 478. The molecule has 8 nitrogen and oxygen atoms in total. The molecule has 2 aliphatic rings. The van der Waals surface area contributed by atoms with E-state index in [9.17, 15) is 14.4 Å². The van der Waals surface area contributed by atoms with Crippen LogP contribution in [0.5, 0.6) is 0 Å². The molecule has 2 heterocycles. The zero-order valence-electron chi connectivity index (χ0n) is 9.83. The van der Waals surface area contributed by atoms with Crippen molar-refractivity contribution in [1.29, 1.82) is 0 Å². The van der Waals surface area contributed by atoms with Crippen molar-refractivity contribution in [3.63, 3.8) is 0 Å². The van der Waals surface area contributed by atoms with Crippen molar-refractivity contribution in [2.24, 2.45) is 11.7 Å². The first-order valence-electron chi connectivity index (χ1n) is 5.55. The minimum Gasteiger partial charge on any atom is -0.477 e. The molecule has 2 atom stereocenters. The van der Waals surface area contributed by atoms with Gasteiger partial charge in [-0.25, -0.2) is 4.79 Å². The van der Waals surface area contributed by atoms with E-state index in [4.69, 9.17) is 15.9 Å². The van der Waals surface area contributed by atoms with Gasteiger partial charge < -0.3 is 21.3 Å². The van der Waals surface area contributed by atoms with Crippen LogP contribution in [0.4, 0.5) is 0 Å². The summed E-state index contributed by atoms with van der Waals surface area (Å²) in [5.74, 6) is -2.62. The molecule has 2 amide bonds. The summed E-state index contributed by atoms with van der Waals surface area (Å²) in [4.78, 5) is 35.5. The lowest BCUT2D eigenvalue weighted by molar-refractivity contribution is -0.153. The Morgan fingerprint density at radius 3 is 2.68 bits per heavy atom. The van der Waals surface area contributed by atoms with Crippen LogP contribution in [0, 0.1) is 5.92 Å². The predicted molar refractivity (Wildman–Crippen MR) is 65.5 cm³/mol. The monoisotopic (exact) mass is 287 g/mol. The van der Waals surface area contributed by atoms with Crippen molar-refractivity contribution < 1.29 is 24.6 Å². The maximum absolute atomic E-state index is 11.7. The molecule has 0 spiro atoms. The number of aliphatic hydroxyl groups is 1. The highest BCUT2D eigenvalue weighted by Crippen LogP contribution is 2.48. The van der Waals surface area contributed by atoms with E-state index >= 15 is 0 Å². The van der Waals surface area contributed by atoms with Gasteiger partial charge in [0.25, 0.3) is 0 Å². The molecule has 0 bridgehead atoms. The topological polar surface area (TPSA) is 133 Å². The average Bonchev–Trinajstić information content (AvgIpc) is 2.71. The van der Waals surface area contributed by atoms with Crippen LogP contribution < -0.4 is 11.1 Å². The van der Waals surface area contributed by atoms with Crippen molar-refractivity contribution >= 4 is 29.5 Å². The molecule has 0 aromatic heterocycles. The third-order valence-electron chi connectivity index (χ3n) is 2.95. The predicted octanol–water partition coefficient (Wildman–Crippen LogP) is -2.12. The number of aliphatic carboxylic acids is 1. The number of nitrogens with zero attached hydrogens (tertiary/aromatic N) is 1. The van der Waals surface area contributed by atoms with E-state index in [-0.39, 0.29) is 25.4 Å². The molecule has 1 saturated heterocycles. The van der Waals surface area contributed by atoms with E-state index in [1.807, 2.05) is 0 Å². The molecule has 5 N–H and O–H groups in total. The minimum absolute atomic E-state index is 0.0146. The van der Waals surface area contributed by atoms with E-state index in [1.165, 1.54) is 11.8 Å². The summed E-state index contributed by atoms with van der Waals surface area (Å²) in [6, 6.07) is 0. The van der Waals surface area contributed by atoms with Crippen LogP contribution >= 0.6 is 11.8 Å². The van der Waals surface area contributed by atoms with E-state index in [0.717, 1.165) is 4.90 Å². The SMILES string of the molecule is NCC(=O)NCC1=C(C(=O)O)N2C(=O)[C@H](CO)[C@H]2S1. The number of fused-ring (bicyclic) bond motifs is 1. The van der Waals surface area contributed by atoms with Gasteiger partial charge in [0.15, 0.2) is 0 Å². The van der Waals surface area contributed by atoms with E-state index < -0.39 is 29.1 Å². The molecular formula is C10H13N3O5S. The molecular weight excluding hydrogens is 274 g/mol. The Balaban J connectivity index is 2.15. The lowest BCUT2D eigenvalue weighted by Gasteiger charge is -2.41. The molecule has 1 fully saturated rings. The van der Waals surface area contributed by atoms with Gasteiger partial charge in [-0.15, -0.1) is 0 Å². The van der Waals surface area contributed by atoms with Crippen molar-refractivity contribution in [3.05, 3.63) is 10.6 Å². The van der Waals surface area contributed by atoms with Gasteiger partial charge in [0.1, 0.15) is 11.1 Å². The Morgan fingerprint density at radius 2 is 2.16 bits per heavy atom. The number of carbonyl (C=O) groups excluding carboxylic acids is 2. The fourth-order valence-electron chi connectivity index (χ4n) is 2.00. The number of nitrogens with one attached hydrogen (secondary N) is 1. The average molecular weight is 287 g/mol. The molecule has 2 aliphatic heterocycles. The highest BCUT2D eigenvalue weighted by Gasteiger charge is 2.55. The molecule has 0 aromatic rings. The summed E-state index contributed by atoms with van der Waals surface area (Å²) in [6.45, 7) is -0.491. The first-order valence-corrected chi connectivity index (χ1v) is 6.43. The number of aliphatic hydroxyl groups excluding tert-OH is 1. The smallest absolute Gasteiger partial charge is 0.353 e. The van der Waals surface area contributed by atoms with Gasteiger partial charge in [-0.05, 0) is 0 Å². The molecule has 2 rings (SSSR count). The number of β-lactam (4-membered cyclic amide) rings is 1. The Labute approximate surface area is 112 Å². The number of carboxylic acids is 1. The summed E-state index contributed by atoms with van der Waals surface area (Å²) in [5.41, 5.74) is 5.01. The first-order chi connectivity index (χ1) is 9.01. The third kappa shape index (κ3) is 2.20. The largest absolute Gasteiger partial charge is 0.477 e. The lowest BCUT2D eigenvalue weighted by atomic mass is 9.98. The quantitative estimate of drug-likeness (QED) is 0.425. The minimum atomic E-state index is -1.23. The maximum Gasteiger partial charge on any atom is 0.353 e. The van der Waals surface area contributed by atoms with Crippen LogP contribution in [0.1, 0.15) is 0 Å². The van der Waals surface area contributed by atoms with Crippen LogP contribution in [0.3, 0.4) is 0 Å². The number of hydrogen-bond donors (Lipinski definition) is 4. The van der Waals surface area contributed by atoms with Crippen molar-refractivity contribution in [1.82, 2.24) is 10.2 Å². The second kappa shape index (κ2) is 5.19. The number of amides is 2. The summed E-state index contributed by atoms with van der Waals surface area (Å²) in [6.07, 6.45) is 0. The van der Waals surface area contributed by atoms with Crippen molar-refractivity contribution in [2.75, 3.05) is 19.7 Å². The summed E-state index contributed by atoms with van der Waals surface area (Å²) < 4.78 is 0. The second-order valence-corrected chi connectivity index (χ2v) is 5.27. The van der Waals surface area contributed by atoms with Gasteiger partial charge in [-0.1, -0.05) is 11.8 Å². The zero-order valence-corrected chi connectivity index (χ0v) is 10.6. The molecule has 0 saturated carbocycles. The number of hydrogen-bond acceptors (Lipinski definition) is 6. The third-order valence-corrected chi connectivity index (χ3v) is 4.36. The molecule has 104 valence electrons. The fourth-order valence-corrected chi connectivity index (χ4v) is 3.42. The van der Waals surface area contributed by atoms with Gasteiger partial charge in [-0.3, -0.25) is 14.5 Å². The number of nitrogens with two attached hydrogens (primary N) is 1. The van der Waals surface area contributed by atoms with Crippen LogP contribution in [0.25, 0.3) is 0 Å². The van der Waals surface area contributed by atoms with E-state index in [2.05, 4.69) is 5.32 Å². The molecule has 0 radical (unpaired) electrons. The number of rotatable bonds is 5. The Hall–Kier alpha value is -1.58. The molecule has 9 heteroatoms. The molecule has 0 aromatic carbocycles. The Morgan fingerprint density at radius 1 is 1.47 bits per heavy atom. The van der Waals surface area contributed by atoms with Crippen LogP contribution in [0.2, 0.25) is 0 Å². The summed E-state index contributed by atoms with van der Waals surface area (Å²) >= 11 is 1.17. The first kappa shape index (κ1) is 13.8. The normalized spacial score (nSPS) is 25.2. The number of carboxylic acid groups (broad SMARTS) is 1. The summed E-state index contributed by atoms with van der Waals surface area (Å²) in [7, 11) is 0. The molecule has 0 unspecified atom stereocenters. The van der Waals surface area contributed by atoms with Crippen molar-refractivity contribution in [2.45, 2.75) is 5.37 Å². The molecule has 0 aliphatic carbocycles. The van der Waals surface area contributed by atoms with Crippen LogP contribution in [-0.4, -0.2) is 58.0 Å². The molecule has 19 heavy (non-hydrogen) atoms. The van der Waals surface area contributed by atoms with Crippen LogP contribution in [-0.2, 0) is 14.4 Å².